The number of nitrogens with zero attached hydrogens (tertiary/aromatic N) is 1. The van der Waals surface area contributed by atoms with Crippen molar-refractivity contribution in [1.29, 1.82) is 0 Å². The lowest BCUT2D eigenvalue weighted by Crippen LogP contribution is -2.55. The van der Waals surface area contributed by atoms with Gasteiger partial charge in [-0.1, -0.05) is 16.9 Å². The number of carbonyl (C=O) groups excluding carboxylic acids is 3. The minimum atomic E-state index is -1.78. The molecule has 0 fully saturated rings. The van der Waals surface area contributed by atoms with Gasteiger partial charge in [0.15, 0.2) is 0 Å². The van der Waals surface area contributed by atoms with E-state index >= 15 is 0 Å². The smallest absolute Gasteiger partial charge is 0.303 e. The van der Waals surface area contributed by atoms with Gasteiger partial charge < -0.3 is 67.0 Å². The number of aliphatic hydroxyl groups is 1. The molecule has 0 saturated heterocycles. The van der Waals surface area contributed by atoms with Crippen molar-refractivity contribution in [2.24, 2.45) is 0 Å². The number of carboxylic acid groups (broad SMARTS) is 9. The summed E-state index contributed by atoms with van der Waals surface area (Å²) in [7, 11) is 2.47. The predicted octanol–water partition coefficient (Wildman–Crippen LogP) is 3.55. The second kappa shape index (κ2) is 34.9. The van der Waals surface area contributed by atoms with E-state index in [1.807, 2.05) is 0 Å². The highest BCUT2D eigenvalue weighted by atomic mass is 33.1. The maximum absolute atomic E-state index is 14.2. The Balaban J connectivity index is 4.05. The number of pyridine rings is 1. The van der Waals surface area contributed by atoms with Crippen molar-refractivity contribution < 1.29 is 109 Å². The monoisotopic (exact) mass is 1130 g/mol. The van der Waals surface area contributed by atoms with Crippen LogP contribution in [0.5, 0.6) is 0 Å². The number of aromatic nitrogens is 1. The number of carboxylic acids is 9. The minimum absolute atomic E-state index is 0.145. The Labute approximate surface area is 450 Å². The van der Waals surface area contributed by atoms with E-state index in [4.69, 9.17) is 0 Å². The molecule has 0 radical (unpaired) electrons. The second-order valence-corrected chi connectivity index (χ2v) is 21.3. The Morgan fingerprint density at radius 3 is 0.987 bits per heavy atom. The lowest BCUT2D eigenvalue weighted by atomic mass is 9.80. The number of carbonyl (C=O) groups is 12. The molecule has 77 heavy (non-hydrogen) atoms. The van der Waals surface area contributed by atoms with Gasteiger partial charge in [-0.2, -0.15) is 0 Å². The van der Waals surface area contributed by atoms with E-state index < -0.39 is 228 Å². The summed E-state index contributed by atoms with van der Waals surface area (Å²) in [6, 6.07) is 5.16. The highest BCUT2D eigenvalue weighted by Crippen LogP contribution is 2.34. The average Bonchev–Trinajstić information content (AvgIpc) is 3.34. The molecule has 0 aromatic carbocycles. The largest absolute Gasteiger partial charge is 0.481 e. The number of nitrogens with one attached hydrogen (secondary N) is 4. The molecule has 432 valence electrons. The SMILES string of the molecule is O=C(O)CCC(CCC(=O)O)(CCC(=O)O)NC(=O)CCC(CCC(=O)NC(CCC(=O)O)(CCC(=O)O)CCC(=O)O)(CC[C@H](O)NC(CCC(=O)O)(CCC(=O)O)CCC(=O)O)NC(=O)CCSSc1ccccn1. The number of aliphatic carboxylic acids is 9. The summed E-state index contributed by atoms with van der Waals surface area (Å²) in [5, 5.41) is 109. The Morgan fingerprint density at radius 1 is 0.403 bits per heavy atom. The van der Waals surface area contributed by atoms with Crippen LogP contribution in [-0.4, -0.2) is 162 Å². The first-order valence-corrected chi connectivity index (χ1v) is 26.9. The van der Waals surface area contributed by atoms with Crippen LogP contribution in [0, 0.1) is 0 Å². The van der Waals surface area contributed by atoms with Gasteiger partial charge in [0, 0.05) is 111 Å². The molecule has 1 atom stereocenters. The first-order valence-electron chi connectivity index (χ1n) is 24.6. The minimum Gasteiger partial charge on any atom is -0.481 e. The summed E-state index contributed by atoms with van der Waals surface area (Å²) < 4.78 is 0. The molecule has 0 aliphatic heterocycles. The Hall–Kier alpha value is -6.59. The molecule has 0 spiro atoms. The normalized spacial score (nSPS) is 12.2. The van der Waals surface area contributed by atoms with Crippen LogP contribution in [-0.2, 0) is 57.5 Å². The molecule has 27 nitrogen and oxygen atoms in total. The van der Waals surface area contributed by atoms with Gasteiger partial charge in [-0.25, -0.2) is 4.98 Å². The third kappa shape index (κ3) is 31.3. The van der Waals surface area contributed by atoms with Crippen molar-refractivity contribution >= 4 is 93.0 Å². The zero-order chi connectivity index (χ0) is 58.2. The molecule has 1 aromatic heterocycles. The van der Waals surface area contributed by atoms with Gasteiger partial charge in [-0.05, 0) is 106 Å². The molecular formula is C48H71N5O22S2. The van der Waals surface area contributed by atoms with Crippen molar-refractivity contribution in [2.45, 2.75) is 194 Å². The van der Waals surface area contributed by atoms with Crippen molar-refractivity contribution in [3.63, 3.8) is 0 Å². The topological polar surface area (TPSA) is 468 Å². The van der Waals surface area contributed by atoms with Gasteiger partial charge in [0.25, 0.3) is 0 Å². The van der Waals surface area contributed by atoms with Gasteiger partial charge >= 0.3 is 53.7 Å². The Morgan fingerprint density at radius 2 is 0.688 bits per heavy atom. The molecule has 29 heteroatoms. The Bertz CT molecular complexity index is 1970. The van der Waals surface area contributed by atoms with Crippen LogP contribution >= 0.6 is 21.6 Å². The van der Waals surface area contributed by atoms with Crippen LogP contribution in [0.4, 0.5) is 0 Å². The van der Waals surface area contributed by atoms with Crippen LogP contribution in [0.25, 0.3) is 0 Å². The third-order valence-electron chi connectivity index (χ3n) is 12.8. The molecule has 0 unspecified atom stereocenters. The van der Waals surface area contributed by atoms with E-state index in [9.17, 15) is 109 Å². The van der Waals surface area contributed by atoms with Crippen LogP contribution in [0.1, 0.15) is 161 Å². The fraction of sp³-hybridized carbons (Fsp3) is 0.646. The van der Waals surface area contributed by atoms with Gasteiger partial charge in [-0.15, -0.1) is 0 Å². The molecule has 14 N–H and O–H groups in total. The summed E-state index contributed by atoms with van der Waals surface area (Å²) in [5.41, 5.74) is -6.83. The van der Waals surface area contributed by atoms with Crippen LogP contribution in [0.3, 0.4) is 0 Å². The number of amides is 3. The van der Waals surface area contributed by atoms with E-state index in [0.717, 1.165) is 0 Å². The molecule has 3 amide bonds. The summed E-state index contributed by atoms with van der Waals surface area (Å²) in [6.07, 6.45) is -12.5. The number of rotatable bonds is 46. The first-order chi connectivity index (χ1) is 36.0. The molecule has 0 aliphatic carbocycles. The zero-order valence-electron chi connectivity index (χ0n) is 42.4. The molecule has 1 rings (SSSR count). The summed E-state index contributed by atoms with van der Waals surface area (Å²) >= 11 is 0. The lowest BCUT2D eigenvalue weighted by molar-refractivity contribution is -0.141. The van der Waals surface area contributed by atoms with Gasteiger partial charge in [0.05, 0.1) is 0 Å². The number of aliphatic hydroxyl groups excluding tert-OH is 1. The van der Waals surface area contributed by atoms with Crippen LogP contribution in [0.2, 0.25) is 0 Å². The van der Waals surface area contributed by atoms with Crippen molar-refractivity contribution in [3.8, 4) is 0 Å². The standard InChI is InChI=1S/C48H71N5O22S2/c54-31(50-46(20-7-36(58)59,21-8-37(60)61)22-9-38(62)63)4-17-45(53-34(57)16-30-76-77-35-3-1-2-29-49-35,18-5-32(55)51-47(23-10-39(64)65,24-11-40(66)67)25-12-41(68)69)19-6-33(56)52-48(26-13-42(70)71,27-14-43(72)73)28-15-44(74)75/h1-3,29,31,50,54H,4-28,30H2,(H,51,55)(H,52,56)(H,53,57)(H,58,59)(H,60,61)(H,62,63)(H,64,65)(H,66,67)(H,68,69)(H,70,71)(H,72,73)(H,74,75)/t31-/m0/s1. The van der Waals surface area contributed by atoms with E-state index in [1.54, 1.807) is 24.4 Å². The van der Waals surface area contributed by atoms with Crippen LogP contribution in [0.15, 0.2) is 29.4 Å². The zero-order valence-corrected chi connectivity index (χ0v) is 44.0. The maximum Gasteiger partial charge on any atom is 0.303 e. The fourth-order valence-corrected chi connectivity index (χ4v) is 10.5. The average molecular weight is 1130 g/mol. The molecule has 0 aliphatic rings. The highest BCUT2D eigenvalue weighted by Gasteiger charge is 2.40. The predicted molar refractivity (Wildman–Crippen MR) is 271 cm³/mol. The van der Waals surface area contributed by atoms with Crippen molar-refractivity contribution in [3.05, 3.63) is 24.4 Å². The molecule has 1 aromatic rings. The van der Waals surface area contributed by atoms with Crippen LogP contribution < -0.4 is 21.3 Å². The summed E-state index contributed by atoms with van der Waals surface area (Å²) in [6.45, 7) is 0. The number of hydrogen-bond acceptors (Lipinski definition) is 17. The summed E-state index contributed by atoms with van der Waals surface area (Å²) in [4.78, 5) is 152. The lowest BCUT2D eigenvalue weighted by Gasteiger charge is -2.40. The van der Waals surface area contributed by atoms with Crippen molar-refractivity contribution in [1.82, 2.24) is 26.3 Å². The van der Waals surface area contributed by atoms with E-state index in [2.05, 4.69) is 26.3 Å². The maximum atomic E-state index is 14.2. The van der Waals surface area contributed by atoms with E-state index in [-0.39, 0.29) is 37.9 Å². The number of hydrogen-bond donors (Lipinski definition) is 14. The second-order valence-electron chi connectivity index (χ2n) is 18.8. The van der Waals surface area contributed by atoms with Gasteiger partial charge in [-0.3, -0.25) is 62.9 Å². The quantitative estimate of drug-likeness (QED) is 0.0252. The third-order valence-corrected chi connectivity index (χ3v) is 15.1. The molecular weight excluding hydrogens is 1060 g/mol. The van der Waals surface area contributed by atoms with E-state index in [1.165, 1.54) is 21.6 Å². The molecule has 0 saturated carbocycles. The van der Waals surface area contributed by atoms with Gasteiger partial charge in [0.2, 0.25) is 17.7 Å². The fourth-order valence-electron chi connectivity index (χ4n) is 8.65. The molecule has 1 heterocycles. The summed E-state index contributed by atoms with van der Waals surface area (Å²) in [5.74, 6) is -14.5. The van der Waals surface area contributed by atoms with E-state index in [0.29, 0.717) is 5.03 Å². The van der Waals surface area contributed by atoms with Crippen molar-refractivity contribution in [2.75, 3.05) is 5.75 Å². The Kier molecular flexibility index (Phi) is 31.1. The first kappa shape index (κ1) is 68.4. The van der Waals surface area contributed by atoms with Gasteiger partial charge in [0.1, 0.15) is 11.3 Å². The highest BCUT2D eigenvalue weighted by molar-refractivity contribution is 8.76. The molecule has 0 bridgehead atoms.